The fourth-order valence-corrected chi connectivity index (χ4v) is 2.57. The Morgan fingerprint density at radius 3 is 2.71 bits per heavy atom. The molecule has 2 heterocycles. The average molecular weight is 353 g/mol. The van der Waals surface area contributed by atoms with Gasteiger partial charge in [-0.2, -0.15) is 0 Å². The lowest BCUT2D eigenvalue weighted by Gasteiger charge is -2.17. The Balaban J connectivity index is 2.27. The molecule has 0 saturated heterocycles. The lowest BCUT2D eigenvalue weighted by Crippen LogP contribution is -2.43. The molecule has 0 spiro atoms. The first kappa shape index (κ1) is 17.6. The highest BCUT2D eigenvalue weighted by Gasteiger charge is 2.25. The van der Waals surface area contributed by atoms with Crippen molar-refractivity contribution in [2.75, 3.05) is 7.11 Å². The van der Waals surface area contributed by atoms with Gasteiger partial charge in [0.15, 0.2) is 0 Å². The van der Waals surface area contributed by atoms with E-state index in [1.165, 1.54) is 12.5 Å². The Bertz CT molecular complexity index is 834. The molecule has 2 aromatic rings. The van der Waals surface area contributed by atoms with Gasteiger partial charge in [-0.25, -0.2) is 18.2 Å². The summed E-state index contributed by atoms with van der Waals surface area (Å²) in [7, 11) is -3.75. The van der Waals surface area contributed by atoms with Gasteiger partial charge in [0, 0.05) is 30.7 Å². The van der Waals surface area contributed by atoms with Crippen molar-refractivity contribution in [3.63, 3.8) is 0 Å². The van der Waals surface area contributed by atoms with Gasteiger partial charge in [-0.05, 0) is 6.07 Å². The summed E-state index contributed by atoms with van der Waals surface area (Å²) in [6.45, 7) is 0. The lowest BCUT2D eigenvalue weighted by atomic mass is 10.1. The first-order valence-electron chi connectivity index (χ1n) is 6.58. The summed E-state index contributed by atoms with van der Waals surface area (Å²) in [6, 6.07) is -0.0247. The van der Waals surface area contributed by atoms with Crippen LogP contribution in [-0.2, 0) is 26.1 Å². The number of nitrogens with one attached hydrogen (secondary N) is 2. The van der Waals surface area contributed by atoms with Crippen LogP contribution in [0.5, 0.6) is 0 Å². The van der Waals surface area contributed by atoms with Gasteiger partial charge in [0.05, 0.1) is 23.9 Å². The second-order valence-corrected chi connectivity index (χ2v) is 6.00. The number of carbonyl (C=O) groups is 2. The number of hydrogen-bond donors (Lipinski definition) is 2. The zero-order valence-electron chi connectivity index (χ0n) is 12.4. The summed E-state index contributed by atoms with van der Waals surface area (Å²) in [5.41, 5.74) is 0.149. The predicted molar refractivity (Wildman–Crippen MR) is 77.8 cm³/mol. The molecule has 2 aromatic heterocycles. The van der Waals surface area contributed by atoms with E-state index in [4.69, 9.17) is 0 Å². The predicted octanol–water partition coefficient (Wildman–Crippen LogP) is -0.777. The number of nitrogens with zero attached hydrogens (tertiary/aromatic N) is 2. The number of aromatic nitrogens is 3. The van der Waals surface area contributed by atoms with Crippen molar-refractivity contribution in [3.05, 3.63) is 42.2 Å². The van der Waals surface area contributed by atoms with Gasteiger partial charge in [0.25, 0.3) is 5.91 Å². The van der Waals surface area contributed by atoms with Gasteiger partial charge in [-0.3, -0.25) is 9.78 Å². The number of imidazole rings is 1. The van der Waals surface area contributed by atoms with E-state index >= 15 is 0 Å². The average Bonchev–Trinajstić information content (AvgIpc) is 3.05. The van der Waals surface area contributed by atoms with Gasteiger partial charge >= 0.3 is 5.97 Å². The van der Waals surface area contributed by atoms with E-state index in [0.29, 0.717) is 5.69 Å². The Morgan fingerprint density at radius 2 is 2.12 bits per heavy atom. The van der Waals surface area contributed by atoms with Crippen molar-refractivity contribution in [1.82, 2.24) is 20.3 Å². The first-order chi connectivity index (χ1) is 11.3. The van der Waals surface area contributed by atoms with Crippen LogP contribution < -0.4 is 5.32 Å². The summed E-state index contributed by atoms with van der Waals surface area (Å²) in [5.74, 6) is -1.65. The number of hydrogen-bond acceptors (Lipinski definition) is 8. The number of aromatic amines is 1. The molecule has 0 aliphatic carbocycles. The molecular weight excluding hydrogens is 340 g/mol. The largest absolute Gasteiger partial charge is 0.744 e. The molecule has 1 atom stereocenters. The van der Waals surface area contributed by atoms with Gasteiger partial charge in [0.1, 0.15) is 16.2 Å². The Labute approximate surface area is 137 Å². The Kier molecular flexibility index (Phi) is 5.26. The third-order valence-electron chi connectivity index (χ3n) is 3.07. The second-order valence-electron chi connectivity index (χ2n) is 4.66. The van der Waals surface area contributed by atoms with Crippen molar-refractivity contribution in [1.29, 1.82) is 0 Å². The second kappa shape index (κ2) is 7.19. The molecule has 0 bridgehead atoms. The maximum atomic E-state index is 12.3. The van der Waals surface area contributed by atoms with Gasteiger partial charge in [-0.15, -0.1) is 0 Å². The van der Waals surface area contributed by atoms with Gasteiger partial charge in [0.2, 0.25) is 0 Å². The van der Waals surface area contributed by atoms with Gasteiger partial charge in [-0.1, -0.05) is 0 Å². The molecule has 2 rings (SSSR count). The SMILES string of the molecule is COC(=O)[C@@H](Cc1cnc[nH]1)NC(=O)c1ccncc1S(=O)(=O)[O-]. The number of H-pyrrole nitrogens is 1. The van der Waals surface area contributed by atoms with E-state index in [-0.39, 0.29) is 6.42 Å². The van der Waals surface area contributed by atoms with Gasteiger partial charge < -0.3 is 19.6 Å². The zero-order chi connectivity index (χ0) is 17.7. The maximum absolute atomic E-state index is 12.3. The molecule has 0 radical (unpaired) electrons. The molecular formula is C13H13N4O6S-. The highest BCUT2D eigenvalue weighted by Crippen LogP contribution is 2.14. The number of pyridine rings is 1. The number of rotatable bonds is 6. The first-order valence-corrected chi connectivity index (χ1v) is 7.99. The summed E-state index contributed by atoms with van der Waals surface area (Å²) >= 11 is 0. The fourth-order valence-electron chi connectivity index (χ4n) is 1.95. The summed E-state index contributed by atoms with van der Waals surface area (Å²) in [6.07, 6.45) is 4.84. The molecule has 10 nitrogen and oxygen atoms in total. The molecule has 24 heavy (non-hydrogen) atoms. The zero-order valence-corrected chi connectivity index (χ0v) is 13.2. The standard InChI is InChI=1S/C13H14N4O6S/c1-23-13(19)10(4-8-5-15-7-16-8)17-12(18)9-2-3-14-6-11(9)24(20,21)22/h2-3,5-7,10H,4H2,1H3,(H,15,16)(H,17,18)(H,20,21,22)/p-1/t10-/m1/s1. The molecule has 0 saturated carbocycles. The summed E-state index contributed by atoms with van der Waals surface area (Å²) in [4.78, 5) is 33.4. The van der Waals surface area contributed by atoms with E-state index < -0.39 is 38.5 Å². The normalized spacial score (nSPS) is 12.4. The number of esters is 1. The highest BCUT2D eigenvalue weighted by molar-refractivity contribution is 7.85. The Morgan fingerprint density at radius 1 is 1.38 bits per heavy atom. The molecule has 0 fully saturated rings. The quantitative estimate of drug-likeness (QED) is 0.506. The van der Waals surface area contributed by atoms with Crippen LogP contribution in [0.15, 0.2) is 35.9 Å². The van der Waals surface area contributed by atoms with Crippen molar-refractivity contribution >= 4 is 22.0 Å². The third-order valence-corrected chi connectivity index (χ3v) is 3.93. The number of methoxy groups -OCH3 is 1. The van der Waals surface area contributed by atoms with Crippen LogP contribution in [0.25, 0.3) is 0 Å². The fraction of sp³-hybridized carbons (Fsp3) is 0.231. The molecule has 0 aliphatic heterocycles. The monoisotopic (exact) mass is 353 g/mol. The third kappa shape index (κ3) is 4.14. The molecule has 1 amide bonds. The topological polar surface area (TPSA) is 154 Å². The summed E-state index contributed by atoms with van der Waals surface area (Å²) in [5, 5.41) is 2.34. The molecule has 11 heteroatoms. The maximum Gasteiger partial charge on any atom is 0.328 e. The van der Waals surface area contributed by atoms with Crippen LogP contribution in [0.4, 0.5) is 0 Å². The van der Waals surface area contributed by atoms with Crippen LogP contribution in [-0.4, -0.2) is 53.0 Å². The van der Waals surface area contributed by atoms with E-state index in [0.717, 1.165) is 25.6 Å². The van der Waals surface area contributed by atoms with Crippen molar-refractivity contribution < 1.29 is 27.3 Å². The molecule has 128 valence electrons. The number of ether oxygens (including phenoxy) is 1. The van der Waals surface area contributed by atoms with Crippen molar-refractivity contribution in [3.8, 4) is 0 Å². The minimum Gasteiger partial charge on any atom is -0.744 e. The van der Waals surface area contributed by atoms with Crippen molar-refractivity contribution in [2.24, 2.45) is 0 Å². The van der Waals surface area contributed by atoms with E-state index in [1.54, 1.807) is 0 Å². The van der Waals surface area contributed by atoms with Crippen LogP contribution in [0.1, 0.15) is 16.1 Å². The van der Waals surface area contributed by atoms with Crippen LogP contribution in [0, 0.1) is 0 Å². The Hall–Kier alpha value is -2.79. The highest BCUT2D eigenvalue weighted by atomic mass is 32.2. The van der Waals surface area contributed by atoms with Crippen molar-refractivity contribution in [2.45, 2.75) is 17.4 Å². The van der Waals surface area contributed by atoms with E-state index in [1.807, 2.05) is 0 Å². The summed E-state index contributed by atoms with van der Waals surface area (Å²) < 4.78 is 38.2. The molecule has 0 aliphatic rings. The molecule has 0 unspecified atom stereocenters. The smallest absolute Gasteiger partial charge is 0.328 e. The lowest BCUT2D eigenvalue weighted by molar-refractivity contribution is -0.142. The van der Waals surface area contributed by atoms with Crippen LogP contribution in [0.3, 0.4) is 0 Å². The number of carbonyl (C=O) groups excluding carboxylic acids is 2. The number of amides is 1. The van der Waals surface area contributed by atoms with E-state index in [9.17, 15) is 22.6 Å². The van der Waals surface area contributed by atoms with E-state index in [2.05, 4.69) is 25.0 Å². The molecule has 0 aromatic carbocycles. The molecule has 2 N–H and O–H groups in total. The van der Waals surface area contributed by atoms with Crippen LogP contribution >= 0.6 is 0 Å². The minimum absolute atomic E-state index is 0.0446. The minimum atomic E-state index is -4.90. The van der Waals surface area contributed by atoms with Crippen LogP contribution in [0.2, 0.25) is 0 Å².